The lowest BCUT2D eigenvalue weighted by Crippen LogP contribution is -2.35. The van der Waals surface area contributed by atoms with Crippen LogP contribution in [0.25, 0.3) is 0 Å². The minimum atomic E-state index is -2.61. The second kappa shape index (κ2) is 6.24. The first-order valence-corrected chi connectivity index (χ1v) is 7.06. The second-order valence-electron chi connectivity index (χ2n) is 5.36. The summed E-state index contributed by atoms with van der Waals surface area (Å²) in [6.45, 7) is 2.47. The molecule has 1 aliphatic heterocycles. The van der Waals surface area contributed by atoms with Crippen molar-refractivity contribution in [1.29, 1.82) is 0 Å². The van der Waals surface area contributed by atoms with Crippen LogP contribution in [0.2, 0.25) is 0 Å². The first kappa shape index (κ1) is 15.5. The van der Waals surface area contributed by atoms with E-state index in [4.69, 9.17) is 0 Å². The summed E-state index contributed by atoms with van der Waals surface area (Å²) in [4.78, 5) is 10.7. The summed E-state index contributed by atoms with van der Waals surface area (Å²) in [6, 6.07) is 6.38. The molecule has 0 spiro atoms. The van der Waals surface area contributed by atoms with Gasteiger partial charge in [-0.3, -0.25) is 10.1 Å². The Morgan fingerprint density at radius 3 is 2.52 bits per heavy atom. The number of nitrogens with one attached hydrogen (secondary N) is 1. The van der Waals surface area contributed by atoms with Crippen molar-refractivity contribution in [1.82, 2.24) is 5.32 Å². The van der Waals surface area contributed by atoms with Crippen molar-refractivity contribution in [3.8, 4) is 0 Å². The molecule has 0 atom stereocenters. The van der Waals surface area contributed by atoms with Crippen LogP contribution in [0.15, 0.2) is 35.7 Å². The molecular formula is C15H20N2O4. The van der Waals surface area contributed by atoms with E-state index in [-0.39, 0.29) is 5.56 Å². The summed E-state index contributed by atoms with van der Waals surface area (Å²) in [5.74, 6) is -2.61. The van der Waals surface area contributed by atoms with Gasteiger partial charge in [-0.2, -0.15) is 0 Å². The SMILES string of the molecule is Cc1ccc(C(O)(O)C(=C2CCCCCN2)[N+](=O)[O-])cc1. The number of rotatable bonds is 3. The standard InChI is InChI=1S/C15H20N2O4/c1-11-6-8-12(9-7-11)15(18,19)14(17(20)21)13-5-3-2-4-10-16-13/h6-9,16,18-19H,2-5,10H2,1H3. The molecule has 0 unspecified atom stereocenters. The molecule has 2 rings (SSSR count). The molecule has 6 nitrogen and oxygen atoms in total. The summed E-state index contributed by atoms with van der Waals surface area (Å²) in [7, 11) is 0. The van der Waals surface area contributed by atoms with Gasteiger partial charge >= 0.3 is 5.70 Å². The van der Waals surface area contributed by atoms with Crippen molar-refractivity contribution in [3.05, 3.63) is 56.9 Å². The van der Waals surface area contributed by atoms with Gasteiger partial charge in [-0.05, 0) is 26.2 Å². The van der Waals surface area contributed by atoms with Crippen LogP contribution in [0, 0.1) is 17.0 Å². The molecule has 0 amide bonds. The van der Waals surface area contributed by atoms with E-state index in [0.717, 1.165) is 24.8 Å². The Labute approximate surface area is 123 Å². The van der Waals surface area contributed by atoms with Crippen LogP contribution in [0.1, 0.15) is 36.8 Å². The van der Waals surface area contributed by atoms with Crippen LogP contribution >= 0.6 is 0 Å². The quantitative estimate of drug-likeness (QED) is 0.448. The number of nitro groups is 1. The molecule has 114 valence electrons. The predicted molar refractivity (Wildman–Crippen MR) is 77.8 cm³/mol. The zero-order valence-electron chi connectivity index (χ0n) is 12.0. The lowest BCUT2D eigenvalue weighted by atomic mass is 9.99. The Morgan fingerprint density at radius 1 is 1.24 bits per heavy atom. The minimum Gasteiger partial charge on any atom is -0.383 e. The first-order chi connectivity index (χ1) is 9.93. The van der Waals surface area contributed by atoms with Gasteiger partial charge in [0.2, 0.25) is 0 Å². The Balaban J connectivity index is 2.47. The highest BCUT2D eigenvalue weighted by molar-refractivity contribution is 5.31. The van der Waals surface area contributed by atoms with Crippen LogP contribution < -0.4 is 5.32 Å². The van der Waals surface area contributed by atoms with E-state index in [1.54, 1.807) is 12.1 Å². The highest BCUT2D eigenvalue weighted by Crippen LogP contribution is 2.31. The maximum absolute atomic E-state index is 11.4. The largest absolute Gasteiger partial charge is 0.383 e. The average Bonchev–Trinajstić information content (AvgIpc) is 2.67. The van der Waals surface area contributed by atoms with Crippen molar-refractivity contribution >= 4 is 0 Å². The number of hydrogen-bond acceptors (Lipinski definition) is 5. The van der Waals surface area contributed by atoms with E-state index in [9.17, 15) is 20.3 Å². The van der Waals surface area contributed by atoms with Crippen molar-refractivity contribution in [2.24, 2.45) is 0 Å². The highest BCUT2D eigenvalue weighted by atomic mass is 16.6. The van der Waals surface area contributed by atoms with E-state index in [0.29, 0.717) is 18.7 Å². The summed E-state index contributed by atoms with van der Waals surface area (Å²) in [6.07, 6.45) is 3.13. The fraction of sp³-hybridized carbons (Fsp3) is 0.467. The Hall–Kier alpha value is -1.92. The van der Waals surface area contributed by atoms with Gasteiger partial charge in [-0.25, -0.2) is 0 Å². The van der Waals surface area contributed by atoms with Gasteiger partial charge in [-0.1, -0.05) is 36.2 Å². The zero-order valence-corrected chi connectivity index (χ0v) is 12.0. The molecule has 1 aromatic carbocycles. The fourth-order valence-electron chi connectivity index (χ4n) is 2.50. The summed E-state index contributed by atoms with van der Waals surface area (Å²) >= 11 is 0. The van der Waals surface area contributed by atoms with Crippen LogP contribution in [-0.2, 0) is 5.79 Å². The van der Waals surface area contributed by atoms with E-state index in [2.05, 4.69) is 5.32 Å². The molecule has 1 aromatic rings. The van der Waals surface area contributed by atoms with E-state index in [1.165, 1.54) is 12.1 Å². The van der Waals surface area contributed by atoms with Gasteiger partial charge in [-0.15, -0.1) is 0 Å². The van der Waals surface area contributed by atoms with Crippen LogP contribution in [-0.4, -0.2) is 21.7 Å². The van der Waals surface area contributed by atoms with E-state index >= 15 is 0 Å². The summed E-state index contributed by atoms with van der Waals surface area (Å²) < 4.78 is 0. The maximum atomic E-state index is 11.4. The normalized spacial score (nSPS) is 18.6. The second-order valence-corrected chi connectivity index (χ2v) is 5.36. The highest BCUT2D eigenvalue weighted by Gasteiger charge is 2.43. The molecule has 3 N–H and O–H groups in total. The molecule has 0 saturated carbocycles. The van der Waals surface area contributed by atoms with Crippen LogP contribution in [0.3, 0.4) is 0 Å². The molecule has 0 aliphatic carbocycles. The molecule has 1 heterocycles. The third kappa shape index (κ3) is 3.40. The van der Waals surface area contributed by atoms with Crippen molar-refractivity contribution in [3.63, 3.8) is 0 Å². The molecule has 0 bridgehead atoms. The lowest BCUT2D eigenvalue weighted by Gasteiger charge is -2.22. The predicted octanol–water partition coefficient (Wildman–Crippen LogP) is 1.78. The summed E-state index contributed by atoms with van der Waals surface area (Å²) in [5, 5.41) is 35.1. The topological polar surface area (TPSA) is 95.6 Å². The number of aryl methyl sites for hydroxylation is 1. The smallest absolute Gasteiger partial charge is 0.328 e. The molecule has 21 heavy (non-hydrogen) atoms. The van der Waals surface area contributed by atoms with Crippen molar-refractivity contribution in [2.45, 2.75) is 38.4 Å². The fourth-order valence-corrected chi connectivity index (χ4v) is 2.50. The third-order valence-corrected chi connectivity index (χ3v) is 3.69. The Morgan fingerprint density at radius 2 is 1.90 bits per heavy atom. The molecule has 1 aliphatic rings. The monoisotopic (exact) mass is 292 g/mol. The number of nitrogens with zero attached hydrogens (tertiary/aromatic N) is 1. The number of aliphatic hydroxyl groups is 2. The molecule has 1 saturated heterocycles. The minimum absolute atomic E-state index is 0.0957. The zero-order chi connectivity index (χ0) is 15.5. The Kier molecular flexibility index (Phi) is 4.59. The molecule has 6 heteroatoms. The van der Waals surface area contributed by atoms with Gasteiger partial charge in [0, 0.05) is 12.1 Å². The van der Waals surface area contributed by atoms with Gasteiger partial charge < -0.3 is 15.5 Å². The van der Waals surface area contributed by atoms with Gasteiger partial charge in [0.1, 0.15) is 0 Å². The van der Waals surface area contributed by atoms with Crippen LogP contribution in [0.4, 0.5) is 0 Å². The first-order valence-electron chi connectivity index (χ1n) is 7.06. The van der Waals surface area contributed by atoms with Gasteiger partial charge in [0.15, 0.2) is 0 Å². The number of allylic oxidation sites excluding steroid dienone is 1. The lowest BCUT2D eigenvalue weighted by molar-refractivity contribution is -0.464. The van der Waals surface area contributed by atoms with Gasteiger partial charge in [0.25, 0.3) is 5.79 Å². The van der Waals surface area contributed by atoms with E-state index < -0.39 is 16.4 Å². The molecule has 0 radical (unpaired) electrons. The summed E-state index contributed by atoms with van der Waals surface area (Å²) in [5.41, 5.74) is 0.770. The van der Waals surface area contributed by atoms with Gasteiger partial charge in [0.05, 0.1) is 10.6 Å². The third-order valence-electron chi connectivity index (χ3n) is 3.69. The van der Waals surface area contributed by atoms with Crippen molar-refractivity contribution < 1.29 is 15.1 Å². The molecule has 1 fully saturated rings. The maximum Gasteiger partial charge on any atom is 0.328 e. The number of benzene rings is 1. The molecular weight excluding hydrogens is 272 g/mol. The van der Waals surface area contributed by atoms with E-state index in [1.807, 2.05) is 6.92 Å². The van der Waals surface area contributed by atoms with Crippen LogP contribution in [0.5, 0.6) is 0 Å². The average molecular weight is 292 g/mol. The van der Waals surface area contributed by atoms with Crippen molar-refractivity contribution in [2.75, 3.05) is 6.54 Å². The Bertz CT molecular complexity index is 539. The molecule has 0 aromatic heterocycles. The number of hydrogen-bond donors (Lipinski definition) is 3.